The molecule has 1 aliphatic heterocycles. The standard InChI is InChI=1S/C21H19F3N4O2/c22-21(23,24)30-15-10-8-14(9-11-15)25-20(29)18-19(28-12-4-1-5-13-28)27-17-7-3-2-6-16(17)26-18/h2-3,6-11H,1,4-5,12-13H2,(H,25,29). The van der Waals surface area contributed by atoms with Gasteiger partial charge in [-0.3, -0.25) is 4.79 Å². The van der Waals surface area contributed by atoms with E-state index in [9.17, 15) is 18.0 Å². The van der Waals surface area contributed by atoms with Crippen LogP contribution >= 0.6 is 0 Å². The lowest BCUT2D eigenvalue weighted by Gasteiger charge is -2.29. The molecule has 0 aliphatic carbocycles. The van der Waals surface area contributed by atoms with Gasteiger partial charge >= 0.3 is 6.36 Å². The highest BCUT2D eigenvalue weighted by atomic mass is 19.4. The molecule has 1 aromatic heterocycles. The average Bonchev–Trinajstić information content (AvgIpc) is 2.74. The first-order valence-electron chi connectivity index (χ1n) is 9.58. The maximum Gasteiger partial charge on any atom is 0.573 e. The topological polar surface area (TPSA) is 67.3 Å². The van der Waals surface area contributed by atoms with Crippen LogP contribution in [0.1, 0.15) is 29.8 Å². The van der Waals surface area contributed by atoms with Crippen molar-refractivity contribution in [3.63, 3.8) is 0 Å². The maximum absolute atomic E-state index is 13.0. The summed E-state index contributed by atoms with van der Waals surface area (Å²) < 4.78 is 40.8. The number of nitrogens with zero attached hydrogens (tertiary/aromatic N) is 3. The van der Waals surface area contributed by atoms with Crippen LogP contribution in [0.5, 0.6) is 5.75 Å². The van der Waals surface area contributed by atoms with Crippen molar-refractivity contribution in [3.8, 4) is 5.75 Å². The van der Waals surface area contributed by atoms with Crippen LogP contribution < -0.4 is 15.0 Å². The van der Waals surface area contributed by atoms with E-state index in [1.54, 1.807) is 6.07 Å². The van der Waals surface area contributed by atoms with E-state index >= 15 is 0 Å². The predicted molar refractivity (Wildman–Crippen MR) is 107 cm³/mol. The van der Waals surface area contributed by atoms with E-state index in [2.05, 4.69) is 24.9 Å². The zero-order valence-corrected chi connectivity index (χ0v) is 15.9. The highest BCUT2D eigenvalue weighted by Gasteiger charge is 2.31. The van der Waals surface area contributed by atoms with E-state index in [4.69, 9.17) is 0 Å². The van der Waals surface area contributed by atoms with Crippen LogP contribution in [-0.2, 0) is 0 Å². The van der Waals surface area contributed by atoms with Gasteiger partial charge in [0.15, 0.2) is 11.5 Å². The number of carbonyl (C=O) groups is 1. The summed E-state index contributed by atoms with van der Waals surface area (Å²) in [5.74, 6) is -0.318. The van der Waals surface area contributed by atoms with Gasteiger partial charge in [0.2, 0.25) is 0 Å². The second-order valence-corrected chi connectivity index (χ2v) is 6.96. The minimum absolute atomic E-state index is 0.186. The third kappa shape index (κ3) is 4.61. The Labute approximate surface area is 170 Å². The molecular formula is C21H19F3N4O2. The molecule has 1 N–H and O–H groups in total. The normalized spacial score (nSPS) is 14.6. The Bertz CT molecular complexity index is 1050. The summed E-state index contributed by atoms with van der Waals surface area (Å²) in [5.41, 5.74) is 1.81. The van der Waals surface area contributed by atoms with Gasteiger partial charge in [0.1, 0.15) is 5.75 Å². The molecular weight excluding hydrogens is 397 g/mol. The van der Waals surface area contributed by atoms with Crippen LogP contribution in [0.25, 0.3) is 11.0 Å². The Kier molecular flexibility index (Phi) is 5.43. The van der Waals surface area contributed by atoms with Crippen molar-refractivity contribution in [1.82, 2.24) is 9.97 Å². The Morgan fingerprint density at radius 2 is 1.57 bits per heavy atom. The number of para-hydroxylation sites is 2. The summed E-state index contributed by atoms with van der Waals surface area (Å²) >= 11 is 0. The number of fused-ring (bicyclic) bond motifs is 1. The summed E-state index contributed by atoms with van der Waals surface area (Å²) in [6.45, 7) is 1.58. The quantitative estimate of drug-likeness (QED) is 0.664. The van der Waals surface area contributed by atoms with Gasteiger partial charge < -0.3 is 15.0 Å². The number of hydrogen-bond donors (Lipinski definition) is 1. The molecule has 0 unspecified atom stereocenters. The van der Waals surface area contributed by atoms with Gasteiger partial charge in [0.25, 0.3) is 5.91 Å². The molecule has 6 nitrogen and oxygen atoms in total. The molecule has 0 saturated carbocycles. The highest BCUT2D eigenvalue weighted by molar-refractivity contribution is 6.07. The van der Waals surface area contributed by atoms with Gasteiger partial charge in [-0.25, -0.2) is 9.97 Å². The SMILES string of the molecule is O=C(Nc1ccc(OC(F)(F)F)cc1)c1nc2ccccc2nc1N1CCCCC1. The molecule has 1 aliphatic rings. The number of aromatic nitrogens is 2. The second kappa shape index (κ2) is 8.17. The first-order valence-corrected chi connectivity index (χ1v) is 9.58. The van der Waals surface area contributed by atoms with Gasteiger partial charge in [0, 0.05) is 18.8 Å². The van der Waals surface area contributed by atoms with E-state index < -0.39 is 12.3 Å². The summed E-state index contributed by atoms with van der Waals surface area (Å²) in [6, 6.07) is 12.3. The van der Waals surface area contributed by atoms with Crippen molar-refractivity contribution < 1.29 is 22.7 Å². The van der Waals surface area contributed by atoms with Crippen LogP contribution in [0.4, 0.5) is 24.7 Å². The van der Waals surface area contributed by atoms with Crippen molar-refractivity contribution in [1.29, 1.82) is 0 Å². The van der Waals surface area contributed by atoms with E-state index in [0.29, 0.717) is 22.5 Å². The van der Waals surface area contributed by atoms with Crippen LogP contribution in [0.3, 0.4) is 0 Å². The van der Waals surface area contributed by atoms with Crippen molar-refractivity contribution in [3.05, 3.63) is 54.2 Å². The molecule has 2 heterocycles. The molecule has 1 amide bonds. The lowest BCUT2D eigenvalue weighted by atomic mass is 10.1. The maximum atomic E-state index is 13.0. The van der Waals surface area contributed by atoms with Gasteiger partial charge in [-0.2, -0.15) is 0 Å². The summed E-state index contributed by atoms with van der Waals surface area (Å²) in [5, 5.41) is 2.69. The third-order valence-electron chi connectivity index (χ3n) is 4.77. The molecule has 156 valence electrons. The number of hydrogen-bond acceptors (Lipinski definition) is 5. The van der Waals surface area contributed by atoms with Gasteiger partial charge in [-0.15, -0.1) is 13.2 Å². The van der Waals surface area contributed by atoms with Crippen LogP contribution in [-0.4, -0.2) is 35.3 Å². The van der Waals surface area contributed by atoms with Gasteiger partial charge in [-0.1, -0.05) is 12.1 Å². The molecule has 0 spiro atoms. The van der Waals surface area contributed by atoms with E-state index in [-0.39, 0.29) is 11.4 Å². The number of nitrogens with one attached hydrogen (secondary N) is 1. The monoisotopic (exact) mass is 416 g/mol. The first-order chi connectivity index (χ1) is 14.4. The summed E-state index contributed by atoms with van der Waals surface area (Å²) in [7, 11) is 0. The smallest absolute Gasteiger partial charge is 0.406 e. The van der Waals surface area contributed by atoms with Crippen molar-refractivity contribution in [2.75, 3.05) is 23.3 Å². The van der Waals surface area contributed by atoms with E-state index in [1.807, 2.05) is 18.2 Å². The number of alkyl halides is 3. The number of rotatable bonds is 4. The highest BCUT2D eigenvalue weighted by Crippen LogP contribution is 2.26. The Morgan fingerprint density at radius 1 is 0.933 bits per heavy atom. The summed E-state index contributed by atoms with van der Waals surface area (Å²) in [4.78, 5) is 24.2. The van der Waals surface area contributed by atoms with Crippen LogP contribution in [0, 0.1) is 0 Å². The predicted octanol–water partition coefficient (Wildman–Crippen LogP) is 4.77. The number of anilines is 2. The van der Waals surface area contributed by atoms with Crippen molar-refractivity contribution in [2.24, 2.45) is 0 Å². The van der Waals surface area contributed by atoms with Crippen LogP contribution in [0.2, 0.25) is 0 Å². The fourth-order valence-electron chi connectivity index (χ4n) is 3.40. The van der Waals surface area contributed by atoms with Crippen LogP contribution in [0.15, 0.2) is 48.5 Å². The number of ether oxygens (including phenoxy) is 1. The Hall–Kier alpha value is -3.36. The Morgan fingerprint density at radius 3 is 2.20 bits per heavy atom. The lowest BCUT2D eigenvalue weighted by molar-refractivity contribution is -0.274. The molecule has 0 atom stereocenters. The molecule has 1 saturated heterocycles. The molecule has 4 rings (SSSR count). The van der Waals surface area contributed by atoms with Gasteiger partial charge in [0.05, 0.1) is 11.0 Å². The third-order valence-corrected chi connectivity index (χ3v) is 4.77. The molecule has 3 aromatic rings. The zero-order chi connectivity index (χ0) is 21.1. The molecule has 2 aromatic carbocycles. The lowest BCUT2D eigenvalue weighted by Crippen LogP contribution is -2.33. The van der Waals surface area contributed by atoms with Crippen molar-refractivity contribution in [2.45, 2.75) is 25.6 Å². The largest absolute Gasteiger partial charge is 0.573 e. The number of amides is 1. The molecule has 30 heavy (non-hydrogen) atoms. The van der Waals surface area contributed by atoms with Gasteiger partial charge in [-0.05, 0) is 55.7 Å². The molecule has 1 fully saturated rings. The minimum atomic E-state index is -4.77. The fourth-order valence-corrected chi connectivity index (χ4v) is 3.40. The minimum Gasteiger partial charge on any atom is -0.406 e. The first kappa shape index (κ1) is 19.9. The molecule has 0 radical (unpaired) electrons. The fraction of sp³-hybridized carbons (Fsp3) is 0.286. The van der Waals surface area contributed by atoms with Crippen molar-refractivity contribution >= 4 is 28.4 Å². The average molecular weight is 416 g/mol. The van der Waals surface area contributed by atoms with E-state index in [0.717, 1.165) is 44.5 Å². The second-order valence-electron chi connectivity index (χ2n) is 6.96. The number of carbonyl (C=O) groups excluding carboxylic acids is 1. The Balaban J connectivity index is 1.61. The zero-order valence-electron chi connectivity index (χ0n) is 15.9. The van der Waals surface area contributed by atoms with E-state index in [1.165, 1.54) is 12.1 Å². The molecule has 0 bridgehead atoms. The number of benzene rings is 2. The number of piperidine rings is 1. The summed E-state index contributed by atoms with van der Waals surface area (Å²) in [6.07, 6.45) is -1.62. The number of halogens is 3. The molecule has 9 heteroatoms.